The summed E-state index contributed by atoms with van der Waals surface area (Å²) in [4.78, 5) is 34.0. The Morgan fingerprint density at radius 3 is 2.29 bits per heavy atom. The molecule has 0 radical (unpaired) electrons. The zero-order valence-corrected chi connectivity index (χ0v) is 11.0. The second kappa shape index (κ2) is 5.96. The minimum absolute atomic E-state index is 0.0510. The SMILES string of the molecule is NC(=O)Cc1cccc(C(=O)c2ccccc2)c1[N+](=O)[O-]. The molecule has 2 aromatic carbocycles. The Morgan fingerprint density at radius 2 is 1.71 bits per heavy atom. The summed E-state index contributed by atoms with van der Waals surface area (Å²) >= 11 is 0. The zero-order valence-electron chi connectivity index (χ0n) is 11.0. The van der Waals surface area contributed by atoms with Crippen LogP contribution in [0.4, 0.5) is 5.69 Å². The van der Waals surface area contributed by atoms with Crippen molar-refractivity contribution in [3.8, 4) is 0 Å². The van der Waals surface area contributed by atoms with Crippen molar-refractivity contribution in [3.63, 3.8) is 0 Å². The molecule has 0 saturated carbocycles. The fraction of sp³-hybridized carbons (Fsp3) is 0.0667. The number of nitro groups is 1. The smallest absolute Gasteiger partial charge is 0.284 e. The van der Waals surface area contributed by atoms with Crippen LogP contribution in [0, 0.1) is 10.1 Å². The van der Waals surface area contributed by atoms with Crippen LogP contribution < -0.4 is 5.73 Å². The average Bonchev–Trinajstić information content (AvgIpc) is 2.46. The van der Waals surface area contributed by atoms with E-state index in [1.165, 1.54) is 18.2 Å². The summed E-state index contributed by atoms with van der Waals surface area (Å²) < 4.78 is 0. The molecule has 2 aromatic rings. The first-order chi connectivity index (χ1) is 10.0. The second-order valence-electron chi connectivity index (χ2n) is 4.41. The van der Waals surface area contributed by atoms with Gasteiger partial charge in [0.15, 0.2) is 5.78 Å². The van der Waals surface area contributed by atoms with Gasteiger partial charge in [-0.3, -0.25) is 19.7 Å². The molecule has 0 saturated heterocycles. The van der Waals surface area contributed by atoms with Gasteiger partial charge in [0.05, 0.1) is 11.3 Å². The van der Waals surface area contributed by atoms with E-state index in [1.54, 1.807) is 30.3 Å². The lowest BCUT2D eigenvalue weighted by atomic mass is 9.97. The van der Waals surface area contributed by atoms with Crippen molar-refractivity contribution in [1.82, 2.24) is 0 Å². The largest absolute Gasteiger partial charge is 0.369 e. The van der Waals surface area contributed by atoms with Crippen molar-refractivity contribution in [3.05, 3.63) is 75.3 Å². The number of hydrogen-bond acceptors (Lipinski definition) is 4. The van der Waals surface area contributed by atoms with Crippen molar-refractivity contribution in [2.75, 3.05) is 0 Å². The van der Waals surface area contributed by atoms with Gasteiger partial charge < -0.3 is 5.73 Å². The number of carbonyl (C=O) groups is 2. The molecule has 0 heterocycles. The number of nitro benzene ring substituents is 1. The maximum Gasteiger partial charge on any atom is 0.284 e. The minimum Gasteiger partial charge on any atom is -0.369 e. The van der Waals surface area contributed by atoms with Gasteiger partial charge in [-0.15, -0.1) is 0 Å². The van der Waals surface area contributed by atoms with Crippen molar-refractivity contribution in [2.45, 2.75) is 6.42 Å². The lowest BCUT2D eigenvalue weighted by molar-refractivity contribution is -0.385. The Labute approximate surface area is 120 Å². The Balaban J connectivity index is 2.56. The fourth-order valence-electron chi connectivity index (χ4n) is 2.07. The normalized spacial score (nSPS) is 10.1. The molecule has 0 spiro atoms. The summed E-state index contributed by atoms with van der Waals surface area (Å²) in [5, 5.41) is 11.3. The number of benzene rings is 2. The molecule has 0 aromatic heterocycles. The Kier molecular flexibility index (Phi) is 4.08. The summed E-state index contributed by atoms with van der Waals surface area (Å²) in [5.41, 5.74) is 5.14. The minimum atomic E-state index is -0.692. The third-order valence-corrected chi connectivity index (χ3v) is 2.95. The number of para-hydroxylation sites is 1. The zero-order chi connectivity index (χ0) is 15.4. The third-order valence-electron chi connectivity index (χ3n) is 2.95. The van der Waals surface area contributed by atoms with Crippen LogP contribution in [-0.4, -0.2) is 16.6 Å². The van der Waals surface area contributed by atoms with Crippen LogP contribution in [0.1, 0.15) is 21.5 Å². The highest BCUT2D eigenvalue weighted by atomic mass is 16.6. The molecule has 0 aliphatic heterocycles. The van der Waals surface area contributed by atoms with E-state index in [9.17, 15) is 19.7 Å². The molecule has 2 rings (SSSR count). The van der Waals surface area contributed by atoms with Crippen LogP contribution in [-0.2, 0) is 11.2 Å². The average molecular weight is 284 g/mol. The maximum atomic E-state index is 12.4. The van der Waals surface area contributed by atoms with Gasteiger partial charge in [0.25, 0.3) is 5.69 Å². The van der Waals surface area contributed by atoms with Crippen molar-refractivity contribution < 1.29 is 14.5 Å². The molecule has 0 atom stereocenters. The number of ketones is 1. The molecular formula is C15H12N2O4. The number of primary amides is 1. The van der Waals surface area contributed by atoms with Crippen LogP contribution >= 0.6 is 0 Å². The molecule has 0 unspecified atom stereocenters. The Bertz CT molecular complexity index is 711. The molecule has 2 N–H and O–H groups in total. The van der Waals surface area contributed by atoms with E-state index in [2.05, 4.69) is 0 Å². The topological polar surface area (TPSA) is 103 Å². The second-order valence-corrected chi connectivity index (χ2v) is 4.41. The molecule has 0 aliphatic rings. The first kappa shape index (κ1) is 14.4. The van der Waals surface area contributed by atoms with Gasteiger partial charge in [0, 0.05) is 11.1 Å². The van der Waals surface area contributed by atoms with E-state index in [0.29, 0.717) is 5.56 Å². The fourth-order valence-corrected chi connectivity index (χ4v) is 2.07. The lowest BCUT2D eigenvalue weighted by Crippen LogP contribution is -2.16. The van der Waals surface area contributed by atoms with Crippen LogP contribution in [0.5, 0.6) is 0 Å². The van der Waals surface area contributed by atoms with Gasteiger partial charge in [0.2, 0.25) is 5.91 Å². The van der Waals surface area contributed by atoms with Gasteiger partial charge in [-0.1, -0.05) is 42.5 Å². The highest BCUT2D eigenvalue weighted by Gasteiger charge is 2.25. The highest BCUT2D eigenvalue weighted by Crippen LogP contribution is 2.26. The van der Waals surface area contributed by atoms with Crippen molar-refractivity contribution >= 4 is 17.4 Å². The van der Waals surface area contributed by atoms with Gasteiger partial charge >= 0.3 is 0 Å². The number of carbonyl (C=O) groups excluding carboxylic acids is 2. The summed E-state index contributed by atoms with van der Waals surface area (Å²) in [6.45, 7) is 0. The first-order valence-corrected chi connectivity index (χ1v) is 6.15. The first-order valence-electron chi connectivity index (χ1n) is 6.15. The van der Waals surface area contributed by atoms with E-state index < -0.39 is 16.6 Å². The lowest BCUT2D eigenvalue weighted by Gasteiger charge is -2.06. The molecule has 6 heteroatoms. The van der Waals surface area contributed by atoms with Crippen LogP contribution in [0.15, 0.2) is 48.5 Å². The summed E-state index contributed by atoms with van der Waals surface area (Å²) in [6, 6.07) is 12.5. The van der Waals surface area contributed by atoms with E-state index in [0.717, 1.165) is 0 Å². The Hall–Kier alpha value is -3.02. The van der Waals surface area contributed by atoms with Gasteiger partial charge in [-0.25, -0.2) is 0 Å². The predicted octanol–water partition coefficient (Wildman–Crippen LogP) is 1.85. The van der Waals surface area contributed by atoms with Gasteiger partial charge in [0.1, 0.15) is 5.56 Å². The number of rotatable bonds is 5. The monoisotopic (exact) mass is 284 g/mol. The standard InChI is InChI=1S/C15H12N2O4/c16-13(18)9-11-7-4-8-12(14(11)17(20)21)15(19)10-5-2-1-3-6-10/h1-8H,9H2,(H2,16,18). The molecule has 21 heavy (non-hydrogen) atoms. The van der Waals surface area contributed by atoms with Crippen molar-refractivity contribution in [1.29, 1.82) is 0 Å². The van der Waals surface area contributed by atoms with Gasteiger partial charge in [-0.2, -0.15) is 0 Å². The number of nitrogens with zero attached hydrogens (tertiary/aromatic N) is 1. The molecule has 106 valence electrons. The summed E-state index contributed by atoms with van der Waals surface area (Å²) in [6.07, 6.45) is -0.285. The van der Waals surface area contributed by atoms with E-state index >= 15 is 0 Å². The highest BCUT2D eigenvalue weighted by molar-refractivity contribution is 6.11. The molecule has 0 aliphatic carbocycles. The van der Waals surface area contributed by atoms with E-state index in [-0.39, 0.29) is 23.2 Å². The number of amides is 1. The summed E-state index contributed by atoms with van der Waals surface area (Å²) in [7, 11) is 0. The van der Waals surface area contributed by atoms with Crippen LogP contribution in [0.3, 0.4) is 0 Å². The summed E-state index contributed by atoms with van der Waals surface area (Å²) in [5.74, 6) is -1.16. The molecule has 0 bridgehead atoms. The van der Waals surface area contributed by atoms with Gasteiger partial charge in [-0.05, 0) is 6.07 Å². The quantitative estimate of drug-likeness (QED) is 0.514. The van der Waals surface area contributed by atoms with Crippen LogP contribution in [0.25, 0.3) is 0 Å². The number of hydrogen-bond donors (Lipinski definition) is 1. The third kappa shape index (κ3) is 3.11. The van der Waals surface area contributed by atoms with Crippen LogP contribution in [0.2, 0.25) is 0 Å². The maximum absolute atomic E-state index is 12.4. The van der Waals surface area contributed by atoms with E-state index in [1.807, 2.05) is 0 Å². The van der Waals surface area contributed by atoms with Crippen molar-refractivity contribution in [2.24, 2.45) is 5.73 Å². The predicted molar refractivity (Wildman–Crippen MR) is 75.9 cm³/mol. The number of nitrogens with two attached hydrogens (primary N) is 1. The molecule has 6 nitrogen and oxygen atoms in total. The Morgan fingerprint density at radius 1 is 1.05 bits per heavy atom. The van der Waals surface area contributed by atoms with E-state index in [4.69, 9.17) is 5.73 Å². The molecular weight excluding hydrogens is 272 g/mol. The molecule has 1 amide bonds. The molecule has 0 fully saturated rings.